The van der Waals surface area contributed by atoms with E-state index >= 15 is 0 Å². The fraction of sp³-hybridized carbons (Fsp3) is 0.286. The van der Waals surface area contributed by atoms with E-state index in [4.69, 9.17) is 5.26 Å². The molecule has 1 aromatic heterocycles. The summed E-state index contributed by atoms with van der Waals surface area (Å²) in [5.41, 5.74) is 1.18. The molecule has 0 fully saturated rings. The molecule has 0 aliphatic rings. The SMILES string of the molecule is CC(C)c1nccn1Cc1cc(F)ccc1C#N. The van der Waals surface area contributed by atoms with Crippen molar-refractivity contribution < 1.29 is 4.39 Å². The lowest BCUT2D eigenvalue weighted by Crippen LogP contribution is -2.07. The van der Waals surface area contributed by atoms with Crippen LogP contribution in [0.2, 0.25) is 0 Å². The Hall–Kier alpha value is -2.15. The van der Waals surface area contributed by atoms with Gasteiger partial charge in [0.2, 0.25) is 0 Å². The van der Waals surface area contributed by atoms with Crippen LogP contribution in [0.5, 0.6) is 0 Å². The number of imidazole rings is 1. The summed E-state index contributed by atoms with van der Waals surface area (Å²) in [4.78, 5) is 4.28. The molecule has 0 aliphatic heterocycles. The zero-order valence-electron chi connectivity index (χ0n) is 10.4. The summed E-state index contributed by atoms with van der Waals surface area (Å²) in [5, 5.41) is 9.02. The summed E-state index contributed by atoms with van der Waals surface area (Å²) < 4.78 is 15.2. The van der Waals surface area contributed by atoms with Crippen LogP contribution in [0.3, 0.4) is 0 Å². The number of halogens is 1. The second kappa shape index (κ2) is 5.01. The fourth-order valence-corrected chi connectivity index (χ4v) is 1.94. The maximum Gasteiger partial charge on any atom is 0.123 e. The molecule has 92 valence electrons. The second-order valence-corrected chi connectivity index (χ2v) is 4.48. The summed E-state index contributed by atoms with van der Waals surface area (Å²) in [7, 11) is 0. The molecule has 0 unspecified atom stereocenters. The van der Waals surface area contributed by atoms with Crippen molar-refractivity contribution >= 4 is 0 Å². The van der Waals surface area contributed by atoms with Crippen molar-refractivity contribution in [1.29, 1.82) is 5.26 Å². The Labute approximate surface area is 106 Å². The van der Waals surface area contributed by atoms with Gasteiger partial charge in [0, 0.05) is 18.3 Å². The predicted octanol–water partition coefficient (Wildman–Crippen LogP) is 3.07. The van der Waals surface area contributed by atoms with Gasteiger partial charge in [-0.05, 0) is 23.8 Å². The van der Waals surface area contributed by atoms with Gasteiger partial charge >= 0.3 is 0 Å². The minimum absolute atomic E-state index is 0.291. The molecule has 18 heavy (non-hydrogen) atoms. The van der Waals surface area contributed by atoms with Crippen molar-refractivity contribution in [2.45, 2.75) is 26.3 Å². The van der Waals surface area contributed by atoms with Gasteiger partial charge in [0.1, 0.15) is 11.6 Å². The van der Waals surface area contributed by atoms with Crippen LogP contribution in [0.15, 0.2) is 30.6 Å². The van der Waals surface area contributed by atoms with Crippen LogP contribution in [0.4, 0.5) is 4.39 Å². The number of rotatable bonds is 3. The smallest absolute Gasteiger partial charge is 0.123 e. The van der Waals surface area contributed by atoms with Crippen molar-refractivity contribution in [1.82, 2.24) is 9.55 Å². The number of aromatic nitrogens is 2. The topological polar surface area (TPSA) is 41.6 Å². The molecule has 0 aliphatic carbocycles. The average Bonchev–Trinajstić information content (AvgIpc) is 2.77. The number of nitrogens with zero attached hydrogens (tertiary/aromatic N) is 3. The maximum atomic E-state index is 13.2. The summed E-state index contributed by atoms with van der Waals surface area (Å²) in [6.45, 7) is 4.57. The third-order valence-electron chi connectivity index (χ3n) is 2.79. The van der Waals surface area contributed by atoms with Gasteiger partial charge in [0.25, 0.3) is 0 Å². The molecule has 0 spiro atoms. The molecular weight excluding hydrogens is 229 g/mol. The minimum Gasteiger partial charge on any atom is -0.330 e. The van der Waals surface area contributed by atoms with E-state index in [1.807, 2.05) is 10.8 Å². The van der Waals surface area contributed by atoms with E-state index < -0.39 is 0 Å². The molecule has 0 atom stereocenters. The molecule has 1 aromatic carbocycles. The summed E-state index contributed by atoms with van der Waals surface area (Å²) in [6, 6.07) is 6.30. The highest BCUT2D eigenvalue weighted by Gasteiger charge is 2.10. The number of nitriles is 1. The normalized spacial score (nSPS) is 10.6. The van der Waals surface area contributed by atoms with Crippen molar-refractivity contribution in [3.05, 3.63) is 53.4 Å². The van der Waals surface area contributed by atoms with E-state index in [-0.39, 0.29) is 5.82 Å². The molecule has 2 rings (SSSR count). The first-order valence-electron chi connectivity index (χ1n) is 5.81. The monoisotopic (exact) mass is 243 g/mol. The fourth-order valence-electron chi connectivity index (χ4n) is 1.94. The summed E-state index contributed by atoms with van der Waals surface area (Å²) in [6.07, 6.45) is 3.57. The highest BCUT2D eigenvalue weighted by Crippen LogP contribution is 2.16. The second-order valence-electron chi connectivity index (χ2n) is 4.48. The number of hydrogen-bond donors (Lipinski definition) is 0. The first kappa shape index (κ1) is 12.3. The standard InChI is InChI=1S/C14H14FN3/c1-10(2)14-17-5-6-18(14)9-12-7-13(15)4-3-11(12)8-16/h3-7,10H,9H2,1-2H3. The molecule has 4 heteroatoms. The van der Waals surface area contributed by atoms with Crippen LogP contribution in [0, 0.1) is 17.1 Å². The average molecular weight is 243 g/mol. The van der Waals surface area contributed by atoms with Crippen molar-refractivity contribution in [3.8, 4) is 6.07 Å². The van der Waals surface area contributed by atoms with E-state index in [2.05, 4.69) is 24.9 Å². The Morgan fingerprint density at radius 3 is 2.89 bits per heavy atom. The summed E-state index contributed by atoms with van der Waals surface area (Å²) in [5.74, 6) is 0.900. The lowest BCUT2D eigenvalue weighted by atomic mass is 10.1. The van der Waals surface area contributed by atoms with Gasteiger partial charge in [-0.25, -0.2) is 9.37 Å². The van der Waals surface area contributed by atoms with E-state index in [0.717, 1.165) is 5.82 Å². The Kier molecular flexibility index (Phi) is 3.42. The van der Waals surface area contributed by atoms with E-state index in [9.17, 15) is 4.39 Å². The van der Waals surface area contributed by atoms with E-state index in [1.54, 1.807) is 6.20 Å². The van der Waals surface area contributed by atoms with Gasteiger partial charge in [-0.1, -0.05) is 13.8 Å². The zero-order chi connectivity index (χ0) is 13.1. The molecule has 0 radical (unpaired) electrons. The Morgan fingerprint density at radius 2 is 2.22 bits per heavy atom. The molecule has 0 saturated heterocycles. The van der Waals surface area contributed by atoms with Crippen LogP contribution in [-0.2, 0) is 6.54 Å². The van der Waals surface area contributed by atoms with Crippen LogP contribution < -0.4 is 0 Å². The molecule has 0 N–H and O–H groups in total. The molecule has 1 heterocycles. The third kappa shape index (κ3) is 2.40. The van der Waals surface area contributed by atoms with E-state index in [1.165, 1.54) is 18.2 Å². The Morgan fingerprint density at radius 1 is 1.44 bits per heavy atom. The van der Waals surface area contributed by atoms with Gasteiger partial charge in [0.05, 0.1) is 18.2 Å². The highest BCUT2D eigenvalue weighted by atomic mass is 19.1. The Balaban J connectivity index is 2.37. The highest BCUT2D eigenvalue weighted by molar-refractivity contribution is 5.38. The maximum absolute atomic E-state index is 13.2. The molecule has 0 saturated carbocycles. The van der Waals surface area contributed by atoms with Gasteiger partial charge < -0.3 is 4.57 Å². The third-order valence-corrected chi connectivity index (χ3v) is 2.79. The zero-order valence-corrected chi connectivity index (χ0v) is 10.4. The molecule has 0 bridgehead atoms. The quantitative estimate of drug-likeness (QED) is 0.831. The molecule has 3 nitrogen and oxygen atoms in total. The first-order chi connectivity index (χ1) is 8.61. The lowest BCUT2D eigenvalue weighted by Gasteiger charge is -2.11. The lowest BCUT2D eigenvalue weighted by molar-refractivity contribution is 0.619. The van der Waals surface area contributed by atoms with Gasteiger partial charge in [-0.3, -0.25) is 0 Å². The molecular formula is C14H14FN3. The minimum atomic E-state index is -0.324. The van der Waals surface area contributed by atoms with Gasteiger partial charge in [-0.2, -0.15) is 5.26 Å². The van der Waals surface area contributed by atoms with Crippen molar-refractivity contribution in [2.75, 3.05) is 0 Å². The first-order valence-corrected chi connectivity index (χ1v) is 5.81. The van der Waals surface area contributed by atoms with Crippen molar-refractivity contribution in [3.63, 3.8) is 0 Å². The van der Waals surface area contributed by atoms with Gasteiger partial charge in [0.15, 0.2) is 0 Å². The predicted molar refractivity (Wildman–Crippen MR) is 66.5 cm³/mol. The number of benzene rings is 1. The van der Waals surface area contributed by atoms with Crippen LogP contribution >= 0.6 is 0 Å². The molecule has 2 aromatic rings. The molecule has 0 amide bonds. The van der Waals surface area contributed by atoms with Crippen LogP contribution in [0.25, 0.3) is 0 Å². The van der Waals surface area contributed by atoms with Crippen LogP contribution in [-0.4, -0.2) is 9.55 Å². The summed E-state index contributed by atoms with van der Waals surface area (Å²) >= 11 is 0. The number of hydrogen-bond acceptors (Lipinski definition) is 2. The van der Waals surface area contributed by atoms with Crippen LogP contribution in [0.1, 0.15) is 36.7 Å². The van der Waals surface area contributed by atoms with Gasteiger partial charge in [-0.15, -0.1) is 0 Å². The Bertz CT molecular complexity index is 593. The largest absolute Gasteiger partial charge is 0.330 e. The van der Waals surface area contributed by atoms with E-state index in [0.29, 0.717) is 23.6 Å². The van der Waals surface area contributed by atoms with Crippen molar-refractivity contribution in [2.24, 2.45) is 0 Å².